The van der Waals surface area contributed by atoms with Crippen LogP contribution in [-0.4, -0.2) is 20.3 Å². The maximum absolute atomic E-state index is 13.3. The van der Waals surface area contributed by atoms with E-state index in [-0.39, 0.29) is 30.4 Å². The Morgan fingerprint density at radius 1 is 1.07 bits per heavy atom. The first kappa shape index (κ1) is 19.6. The molecule has 30 heavy (non-hydrogen) atoms. The van der Waals surface area contributed by atoms with Gasteiger partial charge in [0.15, 0.2) is 0 Å². The average molecular weight is 404 g/mol. The fraction of sp³-hybridized carbons (Fsp3) is 0.174. The van der Waals surface area contributed by atoms with E-state index < -0.39 is 0 Å². The Labute approximate surface area is 172 Å². The van der Waals surface area contributed by atoms with Crippen LogP contribution in [0.5, 0.6) is 0 Å². The summed E-state index contributed by atoms with van der Waals surface area (Å²) in [6, 6.07) is 17.0. The number of rotatable bonds is 5. The topological polar surface area (TPSA) is 68.9 Å². The first-order valence-electron chi connectivity index (χ1n) is 9.60. The lowest BCUT2D eigenvalue weighted by Gasteiger charge is -2.12. The quantitative estimate of drug-likeness (QED) is 0.555. The van der Waals surface area contributed by atoms with E-state index in [4.69, 9.17) is 0 Å². The van der Waals surface area contributed by atoms with E-state index in [9.17, 15) is 14.0 Å². The molecule has 7 heteroatoms. The number of aromatic nitrogens is 3. The van der Waals surface area contributed by atoms with Crippen molar-refractivity contribution < 1.29 is 9.18 Å². The third-order valence-corrected chi connectivity index (χ3v) is 4.97. The Hall–Kier alpha value is -3.74. The maximum atomic E-state index is 13.3. The van der Waals surface area contributed by atoms with Crippen LogP contribution in [-0.2, 0) is 17.9 Å². The van der Waals surface area contributed by atoms with Crippen LogP contribution in [0.4, 0.5) is 4.39 Å². The van der Waals surface area contributed by atoms with Crippen LogP contribution in [0.1, 0.15) is 16.8 Å². The lowest BCUT2D eigenvalue weighted by Crippen LogP contribution is -2.32. The van der Waals surface area contributed by atoms with Crippen molar-refractivity contribution in [1.29, 1.82) is 0 Å². The highest BCUT2D eigenvalue weighted by molar-refractivity contribution is 5.85. The second-order valence-electron chi connectivity index (χ2n) is 7.19. The Morgan fingerprint density at radius 3 is 2.57 bits per heavy atom. The highest BCUT2D eigenvalue weighted by atomic mass is 19.1. The number of halogens is 1. The molecule has 2 heterocycles. The molecule has 0 bridgehead atoms. The molecule has 0 atom stereocenters. The van der Waals surface area contributed by atoms with Crippen molar-refractivity contribution in [1.82, 2.24) is 19.7 Å². The molecule has 0 unspecified atom stereocenters. The summed E-state index contributed by atoms with van der Waals surface area (Å²) in [4.78, 5) is 25.4. The normalized spacial score (nSPS) is 11.0. The highest BCUT2D eigenvalue weighted by Crippen LogP contribution is 2.23. The number of para-hydroxylation sites is 1. The Balaban J connectivity index is 1.71. The minimum Gasteiger partial charge on any atom is -0.350 e. The molecule has 152 valence electrons. The number of amides is 1. The molecule has 0 saturated heterocycles. The van der Waals surface area contributed by atoms with Crippen LogP contribution in [0.25, 0.3) is 16.7 Å². The molecule has 0 fully saturated rings. The molecule has 6 nitrogen and oxygen atoms in total. The zero-order valence-corrected chi connectivity index (χ0v) is 16.7. The number of fused-ring (bicyclic) bond motifs is 1. The fourth-order valence-corrected chi connectivity index (χ4v) is 3.61. The van der Waals surface area contributed by atoms with Crippen LogP contribution in [0.2, 0.25) is 0 Å². The van der Waals surface area contributed by atoms with Gasteiger partial charge in [-0.05, 0) is 49.2 Å². The van der Waals surface area contributed by atoms with Crippen LogP contribution in [0.15, 0.2) is 65.5 Å². The summed E-state index contributed by atoms with van der Waals surface area (Å²) in [6.45, 7) is 3.76. The predicted octanol–water partition coefficient (Wildman–Crippen LogP) is 3.26. The average Bonchev–Trinajstić information content (AvgIpc) is 3.08. The Bertz CT molecular complexity index is 1290. The second kappa shape index (κ2) is 7.94. The lowest BCUT2D eigenvalue weighted by molar-refractivity contribution is -0.121. The third-order valence-electron chi connectivity index (χ3n) is 4.97. The number of nitrogens with one attached hydrogen (secondary N) is 1. The molecule has 0 aliphatic carbocycles. The van der Waals surface area contributed by atoms with Crippen molar-refractivity contribution in [2.75, 3.05) is 0 Å². The molecule has 4 rings (SSSR count). The van der Waals surface area contributed by atoms with Gasteiger partial charge in [-0.15, -0.1) is 0 Å². The standard InChI is InChI=1S/C23H21FN4O2/c1-15-11-21(30)27(14-20(29)25-13-17-7-6-8-18(24)12-17)23-22(15)16(2)26-28(23)19-9-4-3-5-10-19/h3-12H,13-14H2,1-2H3,(H,25,29). The van der Waals surface area contributed by atoms with Gasteiger partial charge in [0.2, 0.25) is 5.91 Å². The summed E-state index contributed by atoms with van der Waals surface area (Å²) >= 11 is 0. The van der Waals surface area contributed by atoms with Gasteiger partial charge in [-0.1, -0.05) is 30.3 Å². The maximum Gasteiger partial charge on any atom is 0.252 e. The Morgan fingerprint density at radius 2 is 1.83 bits per heavy atom. The molecule has 4 aromatic rings. The largest absolute Gasteiger partial charge is 0.350 e. The summed E-state index contributed by atoms with van der Waals surface area (Å²) in [6.07, 6.45) is 0. The first-order chi connectivity index (χ1) is 14.4. The number of nitrogens with zero attached hydrogens (tertiary/aromatic N) is 3. The highest BCUT2D eigenvalue weighted by Gasteiger charge is 2.18. The minimum atomic E-state index is -0.361. The molecule has 0 radical (unpaired) electrons. The van der Waals surface area contributed by atoms with E-state index in [1.807, 2.05) is 44.2 Å². The van der Waals surface area contributed by atoms with E-state index in [0.29, 0.717) is 11.2 Å². The van der Waals surface area contributed by atoms with Gasteiger partial charge in [0.25, 0.3) is 5.56 Å². The third kappa shape index (κ3) is 3.74. The Kier molecular flexibility index (Phi) is 5.18. The number of pyridine rings is 1. The van der Waals surface area contributed by atoms with Crippen molar-refractivity contribution in [3.8, 4) is 5.69 Å². The summed E-state index contributed by atoms with van der Waals surface area (Å²) < 4.78 is 16.5. The van der Waals surface area contributed by atoms with E-state index in [0.717, 1.165) is 22.3 Å². The number of benzene rings is 2. The van der Waals surface area contributed by atoms with Crippen molar-refractivity contribution in [2.24, 2.45) is 0 Å². The monoisotopic (exact) mass is 404 g/mol. The number of hydrogen-bond acceptors (Lipinski definition) is 3. The van der Waals surface area contributed by atoms with Gasteiger partial charge in [0, 0.05) is 18.0 Å². The molecular formula is C23H21FN4O2. The lowest BCUT2D eigenvalue weighted by atomic mass is 10.1. The number of carbonyl (C=O) groups is 1. The zero-order valence-electron chi connectivity index (χ0n) is 16.7. The van der Waals surface area contributed by atoms with Crippen molar-refractivity contribution in [3.05, 3.63) is 93.7 Å². The van der Waals surface area contributed by atoms with E-state index >= 15 is 0 Å². The van der Waals surface area contributed by atoms with Crippen LogP contribution < -0.4 is 10.9 Å². The number of aryl methyl sites for hydroxylation is 2. The molecule has 1 amide bonds. The molecule has 0 aliphatic rings. The number of carbonyl (C=O) groups excluding carboxylic acids is 1. The van der Waals surface area contributed by atoms with Gasteiger partial charge < -0.3 is 5.32 Å². The SMILES string of the molecule is Cc1cc(=O)n(CC(=O)NCc2cccc(F)c2)c2c1c(C)nn2-c1ccccc1. The first-order valence-corrected chi connectivity index (χ1v) is 9.60. The zero-order chi connectivity index (χ0) is 21.3. The van der Waals surface area contributed by atoms with Crippen molar-refractivity contribution in [2.45, 2.75) is 26.9 Å². The number of hydrogen-bond donors (Lipinski definition) is 1. The van der Waals surface area contributed by atoms with Crippen molar-refractivity contribution in [3.63, 3.8) is 0 Å². The summed E-state index contributed by atoms with van der Waals surface area (Å²) in [5.74, 6) is -0.703. The molecule has 0 aliphatic heterocycles. The molecule has 2 aromatic heterocycles. The second-order valence-corrected chi connectivity index (χ2v) is 7.19. The van der Waals surface area contributed by atoms with Gasteiger partial charge in [-0.25, -0.2) is 9.07 Å². The molecular weight excluding hydrogens is 383 g/mol. The molecule has 1 N–H and O–H groups in total. The van der Waals surface area contributed by atoms with Gasteiger partial charge >= 0.3 is 0 Å². The van der Waals surface area contributed by atoms with Crippen LogP contribution in [0, 0.1) is 19.7 Å². The molecule has 2 aromatic carbocycles. The molecule has 0 saturated carbocycles. The van der Waals surface area contributed by atoms with E-state index in [1.54, 1.807) is 16.8 Å². The summed E-state index contributed by atoms with van der Waals surface area (Å²) in [7, 11) is 0. The van der Waals surface area contributed by atoms with Crippen LogP contribution >= 0.6 is 0 Å². The summed E-state index contributed by atoms with van der Waals surface area (Å²) in [5.41, 5.74) is 3.33. The molecule has 0 spiro atoms. The van der Waals surface area contributed by atoms with Gasteiger partial charge in [0.1, 0.15) is 18.0 Å². The van der Waals surface area contributed by atoms with Crippen LogP contribution in [0.3, 0.4) is 0 Å². The van der Waals surface area contributed by atoms with E-state index in [2.05, 4.69) is 10.4 Å². The minimum absolute atomic E-state index is 0.164. The van der Waals surface area contributed by atoms with E-state index in [1.165, 1.54) is 22.8 Å². The van der Waals surface area contributed by atoms with Crippen molar-refractivity contribution >= 4 is 16.9 Å². The van der Waals surface area contributed by atoms with Gasteiger partial charge in [-0.2, -0.15) is 5.10 Å². The fourth-order valence-electron chi connectivity index (χ4n) is 3.61. The smallest absolute Gasteiger partial charge is 0.252 e. The predicted molar refractivity (Wildman–Crippen MR) is 113 cm³/mol. The summed E-state index contributed by atoms with van der Waals surface area (Å²) in [5, 5.41) is 8.21. The van der Waals surface area contributed by atoms with Gasteiger partial charge in [0.05, 0.1) is 11.4 Å². The van der Waals surface area contributed by atoms with Gasteiger partial charge in [-0.3, -0.25) is 14.2 Å².